The summed E-state index contributed by atoms with van der Waals surface area (Å²) in [4.78, 5) is 68.4. The van der Waals surface area contributed by atoms with E-state index in [2.05, 4.69) is 62.5 Å². The number of carbonyl (C=O) groups excluding carboxylic acids is 4. The van der Waals surface area contributed by atoms with Crippen LogP contribution in [0, 0.1) is 41.5 Å². The van der Waals surface area contributed by atoms with Gasteiger partial charge in [0.05, 0.1) is 50.7 Å². The number of methoxy groups -OCH3 is 2. The van der Waals surface area contributed by atoms with E-state index in [9.17, 15) is 32.3 Å². The van der Waals surface area contributed by atoms with Gasteiger partial charge in [-0.1, -0.05) is 82.7 Å². The number of benzene rings is 4. The molecule has 4 aromatic carbocycles. The molecule has 0 radical (unpaired) electrons. The van der Waals surface area contributed by atoms with Crippen LogP contribution in [0.1, 0.15) is 195 Å². The van der Waals surface area contributed by atoms with Gasteiger partial charge in [-0.25, -0.2) is 8.42 Å². The Hall–Kier alpha value is -9.76. The number of hydrogen-bond donors (Lipinski definition) is 1. The first-order valence-corrected chi connectivity index (χ1v) is 38.7. The standard InChI is InChI=1S/C37H43ClN7O5S.C23H25ClN4O2S.C14H19N3O4.CHF3O3S/c1-22-23(2)51-36-33(22)34(26-13-15-27(38)16-14-26)41-28(20-32(47)50-37(4,5)6)35-42-44(24(3)45(35)36)21-25-12-17-29(30(19-25)48-7)49-31(46)11-9-8-10-18-40-43-39;1-12-13(2)31-22-19(12)20(15-7-9-16(24)10-8-15)25-17(11-18(29)30-23(4,5)6)21-27-26-14(3)28(21)22;1-20-13-9-11(10-18)6-7-12(13)21-14(19)5-3-2-4-8-16-17-15;2-1(3,4)8(5,6)7/h12-17,19,28H,8-11,18,20-21H2,1-7H3;7-10,17H,11H2,1-6H3;6-7,9,18H,2-5,8,10H2,1H3;(H,5,6,7)/q+1;;;/p-1/t28-;17-;;/m00../s1. The fourth-order valence-electron chi connectivity index (χ4n) is 11.3. The fourth-order valence-corrected chi connectivity index (χ4v) is 14.0. The summed E-state index contributed by atoms with van der Waals surface area (Å²) in [6.45, 7) is 24.6. The summed E-state index contributed by atoms with van der Waals surface area (Å²) in [7, 11) is -3.08. The lowest BCUT2D eigenvalue weighted by Gasteiger charge is -2.21. The fraction of sp³-hybridized carbons (Fsp3) is 0.440. The molecule has 0 spiro atoms. The lowest BCUT2D eigenvalue weighted by atomic mass is 9.99. The second-order valence-electron chi connectivity index (χ2n) is 27.4. The van der Waals surface area contributed by atoms with Crippen molar-refractivity contribution in [2.45, 2.75) is 189 Å². The van der Waals surface area contributed by atoms with E-state index >= 15 is 0 Å². The zero-order valence-electron chi connectivity index (χ0n) is 63.8. The number of ether oxygens (including phenoxy) is 6. The van der Waals surface area contributed by atoms with Crippen molar-refractivity contribution < 1.29 is 83.4 Å². The molecular formula is C75H87Cl2F3N14O14S3. The molecule has 2 atom stereocenters. The number of aliphatic hydroxyl groups excluding tert-OH is 1. The van der Waals surface area contributed by atoms with E-state index in [1.807, 2.05) is 125 Å². The van der Waals surface area contributed by atoms with Gasteiger partial charge in [0.2, 0.25) is 5.82 Å². The van der Waals surface area contributed by atoms with E-state index in [1.165, 1.54) is 19.1 Å². The Bertz CT molecular complexity index is 4940. The molecule has 2 aliphatic heterocycles. The number of halogens is 5. The van der Waals surface area contributed by atoms with Gasteiger partial charge >= 0.3 is 35.2 Å². The Morgan fingerprint density at radius 1 is 0.631 bits per heavy atom. The second kappa shape index (κ2) is 39.4. The number of hydrogen-bond acceptors (Lipinski definition) is 23. The third-order valence-corrected chi connectivity index (χ3v) is 20.1. The third-order valence-electron chi connectivity index (χ3n) is 16.7. The molecule has 36 heteroatoms. The number of alkyl halides is 3. The van der Waals surface area contributed by atoms with Crippen LogP contribution in [0.25, 0.3) is 30.9 Å². The summed E-state index contributed by atoms with van der Waals surface area (Å²) in [6, 6.07) is 24.4. The molecule has 10 rings (SSSR count). The minimum Gasteiger partial charge on any atom is -0.741 e. The van der Waals surface area contributed by atoms with E-state index in [1.54, 1.807) is 46.9 Å². The van der Waals surface area contributed by atoms with Crippen LogP contribution in [0.2, 0.25) is 10.0 Å². The topological polar surface area (TPSA) is 376 Å². The highest BCUT2D eigenvalue weighted by molar-refractivity contribution is 7.86. The summed E-state index contributed by atoms with van der Waals surface area (Å²) < 4.78 is 97.9. The van der Waals surface area contributed by atoms with Crippen molar-refractivity contribution in [1.82, 2.24) is 24.5 Å². The Balaban J connectivity index is 0.000000240. The van der Waals surface area contributed by atoms with Gasteiger partial charge in [-0.15, -0.1) is 37.6 Å². The number of aromatic nitrogens is 6. The number of rotatable bonds is 25. The minimum absolute atomic E-state index is 0.000520. The number of aliphatic hydroxyl groups is 1. The number of aliphatic imine (C=N–C) groups is 2. The Labute approximate surface area is 658 Å². The summed E-state index contributed by atoms with van der Waals surface area (Å²) in [5.41, 5.74) is 18.9. The minimum atomic E-state index is -6.09. The predicted octanol–water partition coefficient (Wildman–Crippen LogP) is 16.8. The van der Waals surface area contributed by atoms with Gasteiger partial charge in [0.1, 0.15) is 34.6 Å². The average molecular weight is 1630 g/mol. The first kappa shape index (κ1) is 88.5. The van der Waals surface area contributed by atoms with Gasteiger partial charge in [0.15, 0.2) is 50.0 Å². The second-order valence-corrected chi connectivity index (χ2v) is 32.0. The van der Waals surface area contributed by atoms with Gasteiger partial charge in [-0.05, 0) is 184 Å². The van der Waals surface area contributed by atoms with E-state index in [0.717, 1.165) is 96.2 Å². The van der Waals surface area contributed by atoms with Crippen LogP contribution in [0.15, 0.2) is 105 Å². The van der Waals surface area contributed by atoms with E-state index < -0.39 is 38.9 Å². The van der Waals surface area contributed by atoms with Crippen LogP contribution < -0.4 is 23.5 Å². The van der Waals surface area contributed by atoms with Crippen LogP contribution in [-0.4, -0.2) is 122 Å². The quantitative estimate of drug-likeness (QED) is 0.00639. The molecule has 4 aromatic heterocycles. The highest BCUT2D eigenvalue weighted by atomic mass is 35.5. The molecule has 0 saturated heterocycles. The molecule has 2 aliphatic rings. The molecule has 0 fully saturated rings. The van der Waals surface area contributed by atoms with Crippen molar-refractivity contribution in [3.8, 4) is 33.0 Å². The van der Waals surface area contributed by atoms with Crippen LogP contribution in [0.3, 0.4) is 0 Å². The first-order chi connectivity index (χ1) is 52.3. The number of azide groups is 2. The number of esters is 4. The number of fused-ring (bicyclic) bond motifs is 6. The van der Waals surface area contributed by atoms with E-state index in [4.69, 9.17) is 95.8 Å². The zero-order chi connectivity index (χ0) is 81.9. The van der Waals surface area contributed by atoms with Crippen molar-refractivity contribution in [3.63, 3.8) is 0 Å². The molecular weight excluding hydrogens is 1550 g/mol. The molecule has 8 aromatic rings. The van der Waals surface area contributed by atoms with Gasteiger partial charge in [-0.3, -0.25) is 33.7 Å². The van der Waals surface area contributed by atoms with Crippen molar-refractivity contribution in [3.05, 3.63) is 193 Å². The van der Waals surface area contributed by atoms with E-state index in [0.29, 0.717) is 95.6 Å². The lowest BCUT2D eigenvalue weighted by Crippen LogP contribution is -2.38. The number of unbranched alkanes of at least 4 members (excludes halogenated alkanes) is 4. The van der Waals surface area contributed by atoms with Gasteiger partial charge < -0.3 is 38.1 Å². The van der Waals surface area contributed by atoms with Crippen molar-refractivity contribution in [2.75, 3.05) is 27.3 Å². The summed E-state index contributed by atoms with van der Waals surface area (Å²) >= 11 is 15.7. The largest absolute Gasteiger partial charge is 0.741 e. The number of thiophene rings is 2. The third kappa shape index (κ3) is 24.6. The highest BCUT2D eigenvalue weighted by Crippen LogP contribution is 2.42. The molecule has 6 heterocycles. The van der Waals surface area contributed by atoms with Crippen molar-refractivity contribution >= 4 is 91.3 Å². The smallest absolute Gasteiger partial charge is 0.485 e. The molecule has 0 aliphatic carbocycles. The summed E-state index contributed by atoms with van der Waals surface area (Å²) in [6.07, 6.45) is 4.96. The van der Waals surface area contributed by atoms with Gasteiger partial charge in [0, 0.05) is 84.3 Å². The molecule has 594 valence electrons. The van der Waals surface area contributed by atoms with Gasteiger partial charge in [-0.2, -0.15) is 17.7 Å². The predicted molar refractivity (Wildman–Crippen MR) is 413 cm³/mol. The molecule has 0 saturated carbocycles. The maximum Gasteiger partial charge on any atom is 0.485 e. The monoisotopic (exact) mass is 1630 g/mol. The molecule has 0 bridgehead atoms. The number of aryl methyl sites for hydroxylation is 3. The Kier molecular flexibility index (Phi) is 31.4. The Morgan fingerprint density at radius 2 is 1.08 bits per heavy atom. The van der Waals surface area contributed by atoms with E-state index in [-0.39, 0.29) is 49.7 Å². The van der Waals surface area contributed by atoms with Crippen LogP contribution in [0.5, 0.6) is 23.0 Å². The number of carbonyl (C=O) groups is 4. The van der Waals surface area contributed by atoms with Crippen LogP contribution >= 0.6 is 45.9 Å². The summed E-state index contributed by atoms with van der Waals surface area (Å²) in [5.74, 6) is 3.02. The molecule has 111 heavy (non-hydrogen) atoms. The zero-order valence-corrected chi connectivity index (χ0v) is 67.7. The number of nitrogens with zero attached hydrogens (tertiary/aromatic N) is 14. The first-order valence-electron chi connectivity index (χ1n) is 34.9. The van der Waals surface area contributed by atoms with Crippen molar-refractivity contribution in [2.24, 2.45) is 20.2 Å². The average Bonchev–Trinajstić information content (AvgIpc) is 1.59. The molecule has 1 N–H and O–H groups in total. The van der Waals surface area contributed by atoms with Gasteiger partial charge in [0.25, 0.3) is 0 Å². The summed E-state index contributed by atoms with van der Waals surface area (Å²) in [5, 5.41) is 33.1. The molecule has 28 nitrogen and oxygen atoms in total. The highest BCUT2D eigenvalue weighted by Gasteiger charge is 2.41. The van der Waals surface area contributed by atoms with Crippen LogP contribution in [-0.2, 0) is 51.9 Å². The normalized spacial score (nSPS) is 13.6. The molecule has 0 amide bonds. The van der Waals surface area contributed by atoms with Crippen LogP contribution in [0.4, 0.5) is 13.2 Å². The maximum atomic E-state index is 13.3. The SMILES string of the molecule is COc1cc(CO)ccc1OC(=O)CCCCCN=[N+]=[N-].COc1cc(Cn2nc3[n+](c2C)-c2sc(C)c(C)c2C(c2ccc(Cl)cc2)=N[C@H]3CC(=O)OC(C)(C)C)ccc1OC(=O)CCCCCN=[N+]=[N-].Cc1sc2c(c1C)C(c1ccc(Cl)cc1)=N[C@@H](CC(=O)OC(C)(C)C)c1nnc(C)n1-2.O=S(=O)([O-])C(F)(F)F. The Morgan fingerprint density at radius 3 is 1.55 bits per heavy atom. The van der Waals surface area contributed by atoms with Crippen molar-refractivity contribution in [1.29, 1.82) is 0 Å². The molecule has 0 unspecified atom stereocenters. The maximum absolute atomic E-state index is 13.3. The lowest BCUT2D eigenvalue weighted by molar-refractivity contribution is -0.609.